The lowest BCUT2D eigenvalue weighted by Gasteiger charge is -2.37. The first kappa shape index (κ1) is 20.9. The molecule has 4 rings (SSSR count). The molecule has 31 heavy (non-hydrogen) atoms. The Bertz CT molecular complexity index is 1150. The molecule has 1 aliphatic rings. The number of piperidine rings is 1. The predicted molar refractivity (Wildman–Crippen MR) is 122 cm³/mol. The molecule has 1 saturated heterocycles. The first-order valence-corrected chi connectivity index (χ1v) is 10.5. The number of anilines is 3. The zero-order valence-electron chi connectivity index (χ0n) is 18.5. The van der Waals surface area contributed by atoms with E-state index in [1.165, 1.54) is 4.68 Å². The summed E-state index contributed by atoms with van der Waals surface area (Å²) < 4.78 is 3.11. The third-order valence-corrected chi connectivity index (χ3v) is 5.84. The molecule has 3 aromatic heterocycles. The standard InChI is InChI=1S/C22H29N7O2/c1-22(2)6-10-28(11-7-22)19-14-17(26(3)4)21(31)29(25-19)15-20(30)24-16-5-9-27-12-8-23-18(27)13-16/h5,8-9,12-14H,6-7,10-11,15H2,1-4H3,(H,24,30). The van der Waals surface area contributed by atoms with Crippen molar-refractivity contribution in [1.82, 2.24) is 19.2 Å². The van der Waals surface area contributed by atoms with Crippen LogP contribution in [0.1, 0.15) is 26.7 Å². The fraction of sp³-hybridized carbons (Fsp3) is 0.455. The summed E-state index contributed by atoms with van der Waals surface area (Å²) in [6.07, 6.45) is 7.47. The van der Waals surface area contributed by atoms with E-state index in [4.69, 9.17) is 0 Å². The van der Waals surface area contributed by atoms with Crippen molar-refractivity contribution in [2.24, 2.45) is 5.41 Å². The lowest BCUT2D eigenvalue weighted by molar-refractivity contribution is -0.117. The van der Waals surface area contributed by atoms with Gasteiger partial charge in [-0.2, -0.15) is 5.10 Å². The van der Waals surface area contributed by atoms with E-state index in [1.807, 2.05) is 37.0 Å². The quantitative estimate of drug-likeness (QED) is 0.677. The maximum atomic E-state index is 12.9. The van der Waals surface area contributed by atoms with Crippen molar-refractivity contribution >= 4 is 28.7 Å². The molecule has 164 valence electrons. The molecule has 0 aromatic carbocycles. The monoisotopic (exact) mass is 423 g/mol. The predicted octanol–water partition coefficient (Wildman–Crippen LogP) is 2.22. The van der Waals surface area contributed by atoms with Gasteiger partial charge in [0.25, 0.3) is 5.56 Å². The van der Waals surface area contributed by atoms with Crippen molar-refractivity contribution in [2.75, 3.05) is 42.3 Å². The summed E-state index contributed by atoms with van der Waals surface area (Å²) in [5, 5.41) is 7.38. The van der Waals surface area contributed by atoms with E-state index in [9.17, 15) is 9.59 Å². The van der Waals surface area contributed by atoms with Crippen LogP contribution in [0.2, 0.25) is 0 Å². The molecule has 9 nitrogen and oxygen atoms in total. The van der Waals surface area contributed by atoms with Crippen LogP contribution in [0.3, 0.4) is 0 Å². The minimum absolute atomic E-state index is 0.160. The van der Waals surface area contributed by atoms with Crippen molar-refractivity contribution < 1.29 is 4.79 Å². The molecule has 0 unspecified atom stereocenters. The maximum absolute atomic E-state index is 12.9. The molecule has 0 atom stereocenters. The van der Waals surface area contributed by atoms with Gasteiger partial charge in [0.15, 0.2) is 5.82 Å². The maximum Gasteiger partial charge on any atom is 0.290 e. The summed E-state index contributed by atoms with van der Waals surface area (Å²) in [4.78, 5) is 33.8. The number of rotatable bonds is 5. The Morgan fingerprint density at radius 1 is 1.19 bits per heavy atom. The average molecular weight is 424 g/mol. The van der Waals surface area contributed by atoms with Crippen molar-refractivity contribution in [3.8, 4) is 0 Å². The van der Waals surface area contributed by atoms with Gasteiger partial charge in [0.05, 0.1) is 0 Å². The van der Waals surface area contributed by atoms with Gasteiger partial charge < -0.3 is 19.5 Å². The van der Waals surface area contributed by atoms with E-state index in [1.54, 1.807) is 23.2 Å². The number of aromatic nitrogens is 4. The molecule has 0 saturated carbocycles. The number of fused-ring (bicyclic) bond motifs is 1. The third kappa shape index (κ3) is 4.55. The lowest BCUT2D eigenvalue weighted by atomic mass is 9.83. The molecule has 3 aromatic rings. The summed E-state index contributed by atoms with van der Waals surface area (Å²) in [6, 6.07) is 5.40. The Balaban J connectivity index is 1.56. The van der Waals surface area contributed by atoms with Gasteiger partial charge in [-0.15, -0.1) is 0 Å². The first-order chi connectivity index (χ1) is 14.7. The molecule has 1 aliphatic heterocycles. The van der Waals surface area contributed by atoms with Gasteiger partial charge in [-0.3, -0.25) is 9.59 Å². The second-order valence-electron chi connectivity index (χ2n) is 9.05. The molecule has 4 heterocycles. The first-order valence-electron chi connectivity index (χ1n) is 10.5. The zero-order chi connectivity index (χ0) is 22.2. The van der Waals surface area contributed by atoms with Crippen molar-refractivity contribution in [3.05, 3.63) is 47.1 Å². The Labute approximate surface area is 181 Å². The molecule has 0 radical (unpaired) electrons. The SMILES string of the molecule is CN(C)c1cc(N2CCC(C)(C)CC2)nn(CC(=O)Nc2ccn3ccnc3c2)c1=O. The van der Waals surface area contributed by atoms with Crippen LogP contribution in [0.15, 0.2) is 41.6 Å². The molecular weight excluding hydrogens is 394 g/mol. The molecular formula is C22H29N7O2. The van der Waals surface area contributed by atoms with Gasteiger partial charge in [0, 0.05) is 63.6 Å². The van der Waals surface area contributed by atoms with E-state index < -0.39 is 0 Å². The summed E-state index contributed by atoms with van der Waals surface area (Å²) in [7, 11) is 3.65. The lowest BCUT2D eigenvalue weighted by Crippen LogP contribution is -2.40. The third-order valence-electron chi connectivity index (χ3n) is 5.84. The van der Waals surface area contributed by atoms with Crippen molar-refractivity contribution in [2.45, 2.75) is 33.2 Å². The minimum atomic E-state index is -0.313. The van der Waals surface area contributed by atoms with Gasteiger partial charge in [-0.1, -0.05) is 13.8 Å². The van der Waals surface area contributed by atoms with Crippen LogP contribution in [0.4, 0.5) is 17.2 Å². The van der Waals surface area contributed by atoms with Crippen LogP contribution in [0.5, 0.6) is 0 Å². The van der Waals surface area contributed by atoms with E-state index in [2.05, 4.69) is 34.1 Å². The highest BCUT2D eigenvalue weighted by atomic mass is 16.2. The van der Waals surface area contributed by atoms with Crippen LogP contribution >= 0.6 is 0 Å². The number of pyridine rings is 1. The number of nitrogens with one attached hydrogen (secondary N) is 1. The highest BCUT2D eigenvalue weighted by Crippen LogP contribution is 2.31. The summed E-state index contributed by atoms with van der Waals surface area (Å²) >= 11 is 0. The average Bonchev–Trinajstić information content (AvgIpc) is 3.17. The summed E-state index contributed by atoms with van der Waals surface area (Å²) in [5.41, 5.74) is 1.90. The van der Waals surface area contributed by atoms with Crippen LogP contribution in [-0.4, -0.2) is 52.3 Å². The molecule has 1 N–H and O–H groups in total. The molecule has 1 fully saturated rings. The molecule has 0 bridgehead atoms. The number of nitrogens with zero attached hydrogens (tertiary/aromatic N) is 6. The number of imidazole rings is 1. The zero-order valence-corrected chi connectivity index (χ0v) is 18.5. The number of carbonyl (C=O) groups excluding carboxylic acids is 1. The summed E-state index contributed by atoms with van der Waals surface area (Å²) in [5.74, 6) is 0.414. The Morgan fingerprint density at radius 2 is 1.94 bits per heavy atom. The molecule has 9 heteroatoms. The van der Waals surface area contributed by atoms with E-state index in [0.717, 1.165) is 37.4 Å². The second-order valence-corrected chi connectivity index (χ2v) is 9.05. The number of hydrogen-bond donors (Lipinski definition) is 1. The van der Waals surface area contributed by atoms with Crippen LogP contribution in [0.25, 0.3) is 5.65 Å². The van der Waals surface area contributed by atoms with Crippen LogP contribution in [0, 0.1) is 5.41 Å². The van der Waals surface area contributed by atoms with Gasteiger partial charge in [0.1, 0.15) is 17.9 Å². The normalized spacial score (nSPS) is 15.8. The Hall–Kier alpha value is -3.36. The van der Waals surface area contributed by atoms with Crippen LogP contribution < -0.4 is 20.7 Å². The van der Waals surface area contributed by atoms with Crippen molar-refractivity contribution in [3.63, 3.8) is 0 Å². The molecule has 0 aliphatic carbocycles. The van der Waals surface area contributed by atoms with Gasteiger partial charge in [-0.25, -0.2) is 9.67 Å². The van der Waals surface area contributed by atoms with Gasteiger partial charge >= 0.3 is 0 Å². The second kappa shape index (κ2) is 8.05. The number of hydrogen-bond acceptors (Lipinski definition) is 6. The van der Waals surface area contributed by atoms with E-state index in [-0.39, 0.29) is 18.0 Å². The largest absolute Gasteiger partial charge is 0.373 e. The summed E-state index contributed by atoms with van der Waals surface area (Å²) in [6.45, 7) is 6.14. The highest BCUT2D eigenvalue weighted by Gasteiger charge is 2.27. The molecule has 0 spiro atoms. The minimum Gasteiger partial charge on any atom is -0.373 e. The van der Waals surface area contributed by atoms with E-state index in [0.29, 0.717) is 16.8 Å². The van der Waals surface area contributed by atoms with E-state index >= 15 is 0 Å². The Kier molecular flexibility index (Phi) is 5.43. The fourth-order valence-electron chi connectivity index (χ4n) is 3.76. The van der Waals surface area contributed by atoms with Crippen LogP contribution in [-0.2, 0) is 11.3 Å². The molecule has 1 amide bonds. The highest BCUT2D eigenvalue weighted by molar-refractivity contribution is 5.91. The smallest absolute Gasteiger partial charge is 0.290 e. The van der Waals surface area contributed by atoms with Gasteiger partial charge in [-0.05, 0) is 24.3 Å². The Morgan fingerprint density at radius 3 is 2.65 bits per heavy atom. The fourth-order valence-corrected chi connectivity index (χ4v) is 3.76. The number of amides is 1. The van der Waals surface area contributed by atoms with Crippen molar-refractivity contribution in [1.29, 1.82) is 0 Å². The number of carbonyl (C=O) groups is 1. The van der Waals surface area contributed by atoms with Gasteiger partial charge in [0.2, 0.25) is 5.91 Å². The topological polar surface area (TPSA) is 87.8 Å².